The summed E-state index contributed by atoms with van der Waals surface area (Å²) in [5.74, 6) is -0.218. The van der Waals surface area contributed by atoms with E-state index in [2.05, 4.69) is 37.9 Å². The highest BCUT2D eigenvalue weighted by Gasteiger charge is 2.39. The minimum atomic E-state index is -0.218. The zero-order chi connectivity index (χ0) is 15.0. The molecule has 0 aromatic heterocycles. The Morgan fingerprint density at radius 3 is 2.65 bits per heavy atom. The van der Waals surface area contributed by atoms with Crippen molar-refractivity contribution < 1.29 is 4.39 Å². The van der Waals surface area contributed by atoms with E-state index in [1.807, 2.05) is 0 Å². The molecular weight excluding hydrogens is 275 g/mol. The smallest absolute Gasteiger partial charge is 0.129 e. The molecule has 0 amide bonds. The van der Waals surface area contributed by atoms with E-state index in [4.69, 9.17) is 11.6 Å². The van der Waals surface area contributed by atoms with E-state index in [0.717, 1.165) is 19.5 Å². The first-order valence-corrected chi connectivity index (χ1v) is 7.58. The molecule has 1 heterocycles. The summed E-state index contributed by atoms with van der Waals surface area (Å²) >= 11 is 6.16. The van der Waals surface area contributed by atoms with Crippen LogP contribution < -0.4 is 5.32 Å². The van der Waals surface area contributed by atoms with E-state index in [1.165, 1.54) is 6.07 Å². The van der Waals surface area contributed by atoms with E-state index < -0.39 is 0 Å². The SMILES string of the molecule is CCC1(C)CN(Cc2c(F)cccc2Cl)C(C)(C)CN1. The highest BCUT2D eigenvalue weighted by Crippen LogP contribution is 2.29. The predicted molar refractivity (Wildman–Crippen MR) is 82.6 cm³/mol. The molecule has 1 saturated heterocycles. The molecule has 0 bridgehead atoms. The summed E-state index contributed by atoms with van der Waals surface area (Å²) in [5, 5.41) is 4.12. The molecule has 1 aromatic rings. The van der Waals surface area contributed by atoms with E-state index >= 15 is 0 Å². The normalized spacial score (nSPS) is 26.7. The van der Waals surface area contributed by atoms with Gasteiger partial charge in [0, 0.05) is 41.3 Å². The van der Waals surface area contributed by atoms with Crippen LogP contribution in [0.3, 0.4) is 0 Å². The molecule has 0 spiro atoms. The summed E-state index contributed by atoms with van der Waals surface area (Å²) in [7, 11) is 0. The summed E-state index contributed by atoms with van der Waals surface area (Å²) in [4.78, 5) is 2.33. The number of hydrogen-bond acceptors (Lipinski definition) is 2. The Kier molecular flexibility index (Phi) is 4.43. The Morgan fingerprint density at radius 1 is 1.35 bits per heavy atom. The third kappa shape index (κ3) is 3.16. The van der Waals surface area contributed by atoms with Crippen LogP contribution in [0.1, 0.15) is 39.7 Å². The van der Waals surface area contributed by atoms with Crippen LogP contribution in [0, 0.1) is 5.82 Å². The number of nitrogens with one attached hydrogen (secondary N) is 1. The van der Waals surface area contributed by atoms with Crippen molar-refractivity contribution in [1.82, 2.24) is 10.2 Å². The second kappa shape index (κ2) is 5.63. The summed E-state index contributed by atoms with van der Waals surface area (Å²) in [6.07, 6.45) is 1.05. The average molecular weight is 299 g/mol. The van der Waals surface area contributed by atoms with E-state index in [1.54, 1.807) is 12.1 Å². The standard InChI is InChI=1S/C16H24ClFN2/c1-5-16(4)11-20(15(2,3)10-19-16)9-12-13(17)7-6-8-14(12)18/h6-8,19H,5,9-11H2,1-4H3. The van der Waals surface area contributed by atoms with Gasteiger partial charge in [0.2, 0.25) is 0 Å². The summed E-state index contributed by atoms with van der Waals surface area (Å²) < 4.78 is 14.0. The fourth-order valence-corrected chi connectivity index (χ4v) is 2.84. The first kappa shape index (κ1) is 15.7. The van der Waals surface area contributed by atoms with Gasteiger partial charge in [-0.15, -0.1) is 0 Å². The molecule has 1 unspecified atom stereocenters. The first-order chi connectivity index (χ1) is 9.27. The highest BCUT2D eigenvalue weighted by molar-refractivity contribution is 6.31. The number of rotatable bonds is 3. The van der Waals surface area contributed by atoms with Gasteiger partial charge in [-0.2, -0.15) is 0 Å². The minimum absolute atomic E-state index is 0.0136. The van der Waals surface area contributed by atoms with Crippen molar-refractivity contribution in [3.63, 3.8) is 0 Å². The van der Waals surface area contributed by atoms with Gasteiger partial charge < -0.3 is 5.32 Å². The largest absolute Gasteiger partial charge is 0.308 e. The van der Waals surface area contributed by atoms with E-state index in [0.29, 0.717) is 17.1 Å². The Bertz CT molecular complexity index is 469. The second-order valence-electron chi connectivity index (χ2n) is 6.64. The van der Waals surface area contributed by atoms with Crippen molar-refractivity contribution in [1.29, 1.82) is 0 Å². The van der Waals surface area contributed by atoms with Gasteiger partial charge in [-0.25, -0.2) is 4.39 Å². The van der Waals surface area contributed by atoms with E-state index in [-0.39, 0.29) is 16.9 Å². The fraction of sp³-hybridized carbons (Fsp3) is 0.625. The maximum absolute atomic E-state index is 14.0. The Hall–Kier alpha value is -0.640. The molecule has 0 saturated carbocycles. The van der Waals surface area contributed by atoms with Crippen molar-refractivity contribution in [2.75, 3.05) is 13.1 Å². The average Bonchev–Trinajstić information content (AvgIpc) is 2.39. The zero-order valence-electron chi connectivity index (χ0n) is 12.8. The van der Waals surface area contributed by atoms with E-state index in [9.17, 15) is 4.39 Å². The summed E-state index contributed by atoms with van der Waals surface area (Å²) in [6, 6.07) is 4.89. The maximum Gasteiger partial charge on any atom is 0.129 e. The lowest BCUT2D eigenvalue weighted by Crippen LogP contribution is -2.66. The van der Waals surface area contributed by atoms with Gasteiger partial charge in [-0.1, -0.05) is 24.6 Å². The lowest BCUT2D eigenvalue weighted by molar-refractivity contribution is 0.0238. The van der Waals surface area contributed by atoms with Crippen LogP contribution in [-0.2, 0) is 6.54 Å². The summed E-state index contributed by atoms with van der Waals surface area (Å²) in [5.41, 5.74) is 0.663. The molecule has 1 aromatic carbocycles. The Balaban J connectivity index is 2.25. The topological polar surface area (TPSA) is 15.3 Å². The van der Waals surface area contributed by atoms with Crippen molar-refractivity contribution in [3.8, 4) is 0 Å². The number of benzene rings is 1. The van der Waals surface area contributed by atoms with Crippen LogP contribution in [-0.4, -0.2) is 29.1 Å². The Morgan fingerprint density at radius 2 is 2.05 bits per heavy atom. The van der Waals surface area contributed by atoms with Crippen LogP contribution in [0.4, 0.5) is 4.39 Å². The Labute approximate surface area is 126 Å². The van der Waals surface area contributed by atoms with Crippen LogP contribution in [0.2, 0.25) is 5.02 Å². The molecule has 4 heteroatoms. The zero-order valence-corrected chi connectivity index (χ0v) is 13.5. The van der Waals surface area contributed by atoms with Crippen LogP contribution in [0.5, 0.6) is 0 Å². The number of nitrogens with zero attached hydrogens (tertiary/aromatic N) is 1. The van der Waals surface area contributed by atoms with Crippen LogP contribution >= 0.6 is 11.6 Å². The van der Waals surface area contributed by atoms with Crippen LogP contribution in [0.15, 0.2) is 18.2 Å². The van der Waals surface area contributed by atoms with Gasteiger partial charge >= 0.3 is 0 Å². The quantitative estimate of drug-likeness (QED) is 0.912. The minimum Gasteiger partial charge on any atom is -0.308 e. The molecule has 2 rings (SSSR count). The number of piperazine rings is 1. The lowest BCUT2D eigenvalue weighted by atomic mass is 9.88. The molecule has 1 fully saturated rings. The molecule has 1 aliphatic heterocycles. The van der Waals surface area contributed by atoms with Crippen molar-refractivity contribution in [2.45, 2.75) is 51.7 Å². The summed E-state index contributed by atoms with van der Waals surface area (Å²) in [6.45, 7) is 11.1. The third-order valence-electron chi connectivity index (χ3n) is 4.53. The molecule has 2 nitrogen and oxygen atoms in total. The molecule has 1 atom stereocenters. The molecule has 1 aliphatic rings. The lowest BCUT2D eigenvalue weighted by Gasteiger charge is -2.50. The second-order valence-corrected chi connectivity index (χ2v) is 7.04. The fourth-order valence-electron chi connectivity index (χ4n) is 2.61. The number of halogens is 2. The number of hydrogen-bond donors (Lipinski definition) is 1. The molecule has 0 aliphatic carbocycles. The molecular formula is C16H24ClFN2. The first-order valence-electron chi connectivity index (χ1n) is 7.20. The van der Waals surface area contributed by atoms with Gasteiger partial charge in [-0.05, 0) is 39.3 Å². The van der Waals surface area contributed by atoms with Gasteiger partial charge in [-0.3, -0.25) is 4.90 Å². The van der Waals surface area contributed by atoms with Gasteiger partial charge in [0.25, 0.3) is 0 Å². The predicted octanol–water partition coefficient (Wildman–Crippen LogP) is 3.83. The third-order valence-corrected chi connectivity index (χ3v) is 4.89. The molecule has 0 radical (unpaired) electrons. The van der Waals surface area contributed by atoms with Crippen molar-refractivity contribution in [2.24, 2.45) is 0 Å². The monoisotopic (exact) mass is 298 g/mol. The van der Waals surface area contributed by atoms with Crippen LogP contribution in [0.25, 0.3) is 0 Å². The highest BCUT2D eigenvalue weighted by atomic mass is 35.5. The maximum atomic E-state index is 14.0. The van der Waals surface area contributed by atoms with Crippen molar-refractivity contribution in [3.05, 3.63) is 34.6 Å². The molecule has 20 heavy (non-hydrogen) atoms. The van der Waals surface area contributed by atoms with Gasteiger partial charge in [0.1, 0.15) is 5.82 Å². The molecule has 112 valence electrons. The van der Waals surface area contributed by atoms with Crippen molar-refractivity contribution >= 4 is 11.6 Å². The van der Waals surface area contributed by atoms with Gasteiger partial charge in [0.15, 0.2) is 0 Å². The van der Waals surface area contributed by atoms with Gasteiger partial charge in [0.05, 0.1) is 0 Å². The molecule has 1 N–H and O–H groups in total.